The summed E-state index contributed by atoms with van der Waals surface area (Å²) in [6.07, 6.45) is 5.80. The first-order valence-electron chi connectivity index (χ1n) is 9.71. The Morgan fingerprint density at radius 2 is 1.90 bits per heavy atom. The van der Waals surface area contributed by atoms with Gasteiger partial charge in [0.2, 0.25) is 0 Å². The number of carbonyl (C=O) groups is 2. The maximum Gasteiger partial charge on any atom is 0.295 e. The van der Waals surface area contributed by atoms with Crippen LogP contribution in [0.5, 0.6) is 0 Å². The molecule has 1 fully saturated rings. The molecule has 6 nitrogen and oxygen atoms in total. The normalized spacial score (nSPS) is 18.0. The van der Waals surface area contributed by atoms with Crippen LogP contribution in [-0.4, -0.2) is 37.8 Å². The van der Waals surface area contributed by atoms with Crippen LogP contribution in [0.25, 0.3) is 5.76 Å². The molecule has 8 heteroatoms. The zero-order valence-electron chi connectivity index (χ0n) is 16.4. The van der Waals surface area contributed by atoms with Gasteiger partial charge in [-0.3, -0.25) is 9.59 Å². The van der Waals surface area contributed by atoms with Gasteiger partial charge in [-0.2, -0.15) is 0 Å². The predicted molar refractivity (Wildman–Crippen MR) is 116 cm³/mol. The zero-order chi connectivity index (χ0) is 22.0. The number of aryl methyl sites for hydroxylation is 1. The van der Waals surface area contributed by atoms with Gasteiger partial charge in [0.15, 0.2) is 0 Å². The molecule has 1 N–H and O–H groups in total. The van der Waals surface area contributed by atoms with E-state index in [-0.39, 0.29) is 16.9 Å². The Morgan fingerprint density at radius 3 is 2.58 bits per heavy atom. The first-order valence-corrected chi connectivity index (χ1v) is 10.5. The molecule has 1 amide bonds. The molecule has 1 aliphatic heterocycles. The molecule has 0 bridgehead atoms. The van der Waals surface area contributed by atoms with E-state index in [1.54, 1.807) is 12.5 Å². The minimum Gasteiger partial charge on any atom is -0.507 e. The number of aromatic nitrogens is 2. The minimum atomic E-state index is -0.755. The van der Waals surface area contributed by atoms with Crippen molar-refractivity contribution in [3.05, 3.63) is 94.2 Å². The average Bonchev–Trinajstić information content (AvgIpc) is 3.36. The molecule has 2 heterocycles. The number of amides is 1. The highest BCUT2D eigenvalue weighted by molar-refractivity contribution is 9.10. The van der Waals surface area contributed by atoms with Gasteiger partial charge in [0.05, 0.1) is 17.9 Å². The number of Topliss-reactive ketones (excluding diaryl/α,β-unsaturated/α-hetero) is 1. The molecule has 3 aromatic rings. The summed E-state index contributed by atoms with van der Waals surface area (Å²) in [6, 6.07) is 11.7. The van der Waals surface area contributed by atoms with Gasteiger partial charge in [-0.15, -0.1) is 0 Å². The number of halogens is 2. The number of likely N-dealkylation sites (tertiary alicyclic amines) is 1. The molecular formula is C23H19BrFN3O3. The average molecular weight is 484 g/mol. The number of ketones is 1. The lowest BCUT2D eigenvalue weighted by Gasteiger charge is -2.25. The summed E-state index contributed by atoms with van der Waals surface area (Å²) in [6.45, 7) is 0.951. The smallest absolute Gasteiger partial charge is 0.295 e. The van der Waals surface area contributed by atoms with Crippen molar-refractivity contribution in [1.82, 2.24) is 14.5 Å². The number of aliphatic hydroxyl groups is 1. The fraction of sp³-hybridized carbons (Fsp3) is 0.174. The Morgan fingerprint density at radius 1 is 1.13 bits per heavy atom. The summed E-state index contributed by atoms with van der Waals surface area (Å²) < 4.78 is 16.0. The quantitative estimate of drug-likeness (QED) is 0.322. The van der Waals surface area contributed by atoms with Crippen LogP contribution in [0.1, 0.15) is 23.6 Å². The van der Waals surface area contributed by atoms with E-state index < -0.39 is 23.5 Å². The van der Waals surface area contributed by atoms with Gasteiger partial charge in [0.1, 0.15) is 11.6 Å². The maximum absolute atomic E-state index is 13.3. The Kier molecular flexibility index (Phi) is 5.99. The van der Waals surface area contributed by atoms with E-state index in [1.165, 1.54) is 29.2 Å². The third-order valence-corrected chi connectivity index (χ3v) is 5.69. The number of carbonyl (C=O) groups excluding carboxylic acids is 2. The number of hydrogen-bond acceptors (Lipinski definition) is 4. The number of imidazole rings is 1. The van der Waals surface area contributed by atoms with Crippen molar-refractivity contribution in [2.24, 2.45) is 0 Å². The molecule has 0 radical (unpaired) electrons. The molecule has 0 spiro atoms. The molecule has 0 unspecified atom stereocenters. The molecule has 1 atom stereocenters. The molecule has 31 heavy (non-hydrogen) atoms. The zero-order valence-corrected chi connectivity index (χ0v) is 18.0. The third kappa shape index (κ3) is 4.29. The summed E-state index contributed by atoms with van der Waals surface area (Å²) in [5, 5.41) is 10.9. The lowest BCUT2D eigenvalue weighted by atomic mass is 9.95. The summed E-state index contributed by atoms with van der Waals surface area (Å²) in [5.41, 5.74) is 0.968. The SMILES string of the molecule is O=C1C(=O)N(CCCn2ccnc2)[C@H](c2cccc(Br)c2)C1=C(O)c1ccc(F)cc1. The molecule has 2 aromatic carbocycles. The van der Waals surface area contributed by atoms with Crippen LogP contribution in [0, 0.1) is 5.82 Å². The highest BCUT2D eigenvalue weighted by Gasteiger charge is 2.45. The maximum atomic E-state index is 13.3. The van der Waals surface area contributed by atoms with E-state index in [4.69, 9.17) is 0 Å². The van der Waals surface area contributed by atoms with Gasteiger partial charge >= 0.3 is 0 Å². The molecular weight excluding hydrogens is 465 g/mol. The largest absolute Gasteiger partial charge is 0.507 e. The highest BCUT2D eigenvalue weighted by Crippen LogP contribution is 2.40. The van der Waals surface area contributed by atoms with Crippen LogP contribution >= 0.6 is 15.9 Å². The number of hydrogen-bond donors (Lipinski definition) is 1. The molecule has 1 saturated heterocycles. The number of benzene rings is 2. The summed E-state index contributed by atoms with van der Waals surface area (Å²) >= 11 is 3.43. The molecule has 1 aromatic heterocycles. The van der Waals surface area contributed by atoms with E-state index in [0.717, 1.165) is 4.47 Å². The van der Waals surface area contributed by atoms with Gasteiger partial charge in [-0.05, 0) is 48.4 Å². The Bertz CT molecular complexity index is 1140. The van der Waals surface area contributed by atoms with Crippen LogP contribution in [0.4, 0.5) is 4.39 Å². The van der Waals surface area contributed by atoms with E-state index in [1.807, 2.05) is 35.0 Å². The molecule has 1 aliphatic rings. The van der Waals surface area contributed by atoms with Crippen molar-refractivity contribution in [1.29, 1.82) is 0 Å². The fourth-order valence-corrected chi connectivity index (χ4v) is 4.16. The van der Waals surface area contributed by atoms with Gasteiger partial charge < -0.3 is 14.6 Å². The lowest BCUT2D eigenvalue weighted by molar-refractivity contribution is -0.139. The van der Waals surface area contributed by atoms with Crippen molar-refractivity contribution in [3.63, 3.8) is 0 Å². The second kappa shape index (κ2) is 8.85. The van der Waals surface area contributed by atoms with E-state index >= 15 is 0 Å². The molecule has 158 valence electrons. The second-order valence-electron chi connectivity index (χ2n) is 7.21. The number of rotatable bonds is 6. The molecule has 0 aliphatic carbocycles. The van der Waals surface area contributed by atoms with Crippen LogP contribution in [-0.2, 0) is 16.1 Å². The summed E-state index contributed by atoms with van der Waals surface area (Å²) in [7, 11) is 0. The van der Waals surface area contributed by atoms with Crippen molar-refractivity contribution in [2.75, 3.05) is 6.54 Å². The van der Waals surface area contributed by atoms with Crippen LogP contribution < -0.4 is 0 Å². The predicted octanol–water partition coefficient (Wildman–Crippen LogP) is 4.30. The van der Waals surface area contributed by atoms with Gasteiger partial charge in [-0.1, -0.05) is 28.1 Å². The summed E-state index contributed by atoms with van der Waals surface area (Å²) in [4.78, 5) is 31.3. The molecule has 4 rings (SSSR count). The van der Waals surface area contributed by atoms with Gasteiger partial charge in [-0.25, -0.2) is 9.37 Å². The lowest BCUT2D eigenvalue weighted by Crippen LogP contribution is -2.31. The van der Waals surface area contributed by atoms with Crippen molar-refractivity contribution < 1.29 is 19.1 Å². The van der Waals surface area contributed by atoms with Crippen LogP contribution in [0.15, 0.2) is 77.3 Å². The standard InChI is InChI=1S/C23H19BrFN3O3/c24-17-4-1-3-16(13-17)20-19(21(29)15-5-7-18(25)8-6-15)22(30)23(31)28(20)11-2-10-27-12-9-26-14-27/h1,3-9,12-14,20,29H,2,10-11H2/t20-/m1/s1. The van der Waals surface area contributed by atoms with Crippen LogP contribution in [0.2, 0.25) is 0 Å². The number of aliphatic hydroxyl groups excluding tert-OH is 1. The van der Waals surface area contributed by atoms with Crippen LogP contribution in [0.3, 0.4) is 0 Å². The summed E-state index contributed by atoms with van der Waals surface area (Å²) in [5.74, 6) is -2.20. The van der Waals surface area contributed by atoms with Crippen molar-refractivity contribution in [2.45, 2.75) is 19.0 Å². The van der Waals surface area contributed by atoms with Gasteiger partial charge in [0.25, 0.3) is 11.7 Å². The Labute approximate surface area is 186 Å². The van der Waals surface area contributed by atoms with Gasteiger partial charge in [0, 0.05) is 35.5 Å². The first kappa shape index (κ1) is 21.0. The van der Waals surface area contributed by atoms with E-state index in [9.17, 15) is 19.1 Å². The molecule has 0 saturated carbocycles. The van der Waals surface area contributed by atoms with Crippen molar-refractivity contribution in [3.8, 4) is 0 Å². The number of nitrogens with zero attached hydrogens (tertiary/aromatic N) is 3. The second-order valence-corrected chi connectivity index (χ2v) is 8.12. The van der Waals surface area contributed by atoms with E-state index in [0.29, 0.717) is 25.1 Å². The Hall–Kier alpha value is -3.26. The fourth-order valence-electron chi connectivity index (χ4n) is 3.74. The first-order chi connectivity index (χ1) is 15.0. The third-order valence-electron chi connectivity index (χ3n) is 5.20. The Balaban J connectivity index is 1.73. The monoisotopic (exact) mass is 483 g/mol. The minimum absolute atomic E-state index is 0.00246. The van der Waals surface area contributed by atoms with Crippen molar-refractivity contribution >= 4 is 33.4 Å². The van der Waals surface area contributed by atoms with E-state index in [2.05, 4.69) is 20.9 Å². The topological polar surface area (TPSA) is 75.4 Å². The highest BCUT2D eigenvalue weighted by atomic mass is 79.9.